The van der Waals surface area contributed by atoms with E-state index in [0.29, 0.717) is 5.39 Å². The van der Waals surface area contributed by atoms with Crippen molar-refractivity contribution in [2.45, 2.75) is 68.9 Å². The zero-order chi connectivity index (χ0) is 38.7. The molecule has 9 nitrogen and oxygen atoms in total. The van der Waals surface area contributed by atoms with Crippen molar-refractivity contribution in [2.75, 3.05) is 44.7 Å². The Labute approximate surface area is 310 Å². The first kappa shape index (κ1) is 36.9. The Kier molecular flexibility index (Phi) is 9.21. The average Bonchev–Trinajstić information content (AvgIpc) is 3.82. The van der Waals surface area contributed by atoms with Gasteiger partial charge in [-0.1, -0.05) is 18.6 Å². The van der Waals surface area contributed by atoms with E-state index in [1.54, 1.807) is 13.8 Å². The molecule has 3 aliphatic heterocycles. The van der Waals surface area contributed by atoms with E-state index >= 15 is 17.6 Å². The molecule has 3 aromatic carbocycles. The molecule has 1 aromatic heterocycles. The first-order valence-corrected chi connectivity index (χ1v) is 17.9. The summed E-state index contributed by atoms with van der Waals surface area (Å²) in [7, 11) is 1.51. The highest BCUT2D eigenvalue weighted by Gasteiger charge is 2.51. The van der Waals surface area contributed by atoms with Crippen LogP contribution in [0, 0.1) is 35.3 Å². The van der Waals surface area contributed by atoms with Crippen LogP contribution in [0.1, 0.15) is 57.1 Å². The normalized spacial score (nSPS) is 19.1. The molecule has 7 rings (SSSR count). The number of alkyl halides is 2. The highest BCUT2D eigenvalue weighted by molar-refractivity contribution is 6.05. The molecule has 0 aliphatic carbocycles. The lowest BCUT2D eigenvalue weighted by Crippen LogP contribution is -2.48. The molecule has 1 N–H and O–H groups in total. The van der Waals surface area contributed by atoms with E-state index in [1.807, 2.05) is 0 Å². The van der Waals surface area contributed by atoms with E-state index in [-0.39, 0.29) is 74.8 Å². The van der Waals surface area contributed by atoms with Gasteiger partial charge in [-0.15, -0.1) is 6.42 Å². The number of amides is 1. The van der Waals surface area contributed by atoms with Gasteiger partial charge in [0.05, 0.1) is 22.6 Å². The van der Waals surface area contributed by atoms with Gasteiger partial charge in [-0.05, 0) is 99.5 Å². The minimum Gasteiger partial charge on any atom is -0.508 e. The van der Waals surface area contributed by atoms with E-state index < -0.39 is 47.9 Å². The maximum atomic E-state index is 17.7. The Balaban J connectivity index is 1.48. The summed E-state index contributed by atoms with van der Waals surface area (Å²) in [5.41, 5.74) is -2.06. The number of carbonyl (C=O) groups excluding carboxylic acids is 1. The van der Waals surface area contributed by atoms with Gasteiger partial charge in [-0.2, -0.15) is 15.2 Å². The van der Waals surface area contributed by atoms with Crippen molar-refractivity contribution in [2.24, 2.45) is 0 Å². The number of aromatic nitrogens is 2. The summed E-state index contributed by atoms with van der Waals surface area (Å²) in [5, 5.41) is 21.8. The van der Waals surface area contributed by atoms with Crippen LogP contribution in [0.5, 0.6) is 11.8 Å². The Morgan fingerprint density at radius 1 is 1.17 bits per heavy atom. The number of phenolic OH excluding ortho intramolecular Hbond substituents is 1. The standard InChI is InChI=1S/C41H40F4N6O3/c1-6-26-30(42)11-10-24-18-25(52)19-27(33(24)26)34-29(39(3,4)22-46)20-28-36(35(34)43)47-38(54-23-40-12-8-15-50(40)16-9-13-40)48-37(28)49(5)21-31-41(44,45)14-17-51(31)32(53)7-2/h1,7,10-11,18-20,31,52H,2,8-9,12-17,21,23H2,3-5H3/t31-/m1/s1. The van der Waals surface area contributed by atoms with E-state index in [2.05, 4.69) is 33.4 Å². The predicted octanol–water partition coefficient (Wildman–Crippen LogP) is 7.08. The van der Waals surface area contributed by atoms with Gasteiger partial charge in [-0.25, -0.2) is 17.6 Å². The first-order chi connectivity index (χ1) is 25.6. The zero-order valence-corrected chi connectivity index (χ0v) is 30.4. The fraction of sp³-hybridized carbons (Fsp3) is 0.415. The van der Waals surface area contributed by atoms with Gasteiger partial charge in [0, 0.05) is 42.9 Å². The van der Waals surface area contributed by atoms with E-state index in [1.165, 1.54) is 36.2 Å². The number of phenols is 1. The fourth-order valence-corrected chi connectivity index (χ4v) is 8.56. The van der Waals surface area contributed by atoms with Gasteiger partial charge in [0.2, 0.25) is 5.91 Å². The van der Waals surface area contributed by atoms with Crippen LogP contribution in [0.4, 0.5) is 23.4 Å². The zero-order valence-electron chi connectivity index (χ0n) is 30.4. The SMILES string of the molecule is C#Cc1c(F)ccc2cc(O)cc(-c3c(C(C)(C)C#N)cc4c(N(C)C[C@H]5N(C(=O)C=C)CCC5(F)F)nc(OCC56CCCN5CCC6)nc4c3F)c12. The second kappa shape index (κ2) is 13.5. The molecule has 0 bridgehead atoms. The molecule has 4 aromatic rings. The summed E-state index contributed by atoms with van der Waals surface area (Å²) in [6, 6.07) is 7.19. The first-order valence-electron chi connectivity index (χ1n) is 17.9. The maximum Gasteiger partial charge on any atom is 0.319 e. The lowest BCUT2D eigenvalue weighted by atomic mass is 9.79. The number of nitriles is 1. The van der Waals surface area contributed by atoms with Crippen LogP contribution in [-0.4, -0.2) is 88.1 Å². The minimum atomic E-state index is -3.24. The van der Waals surface area contributed by atoms with Crippen molar-refractivity contribution in [1.82, 2.24) is 19.8 Å². The monoisotopic (exact) mass is 740 g/mol. The molecule has 3 fully saturated rings. The predicted molar refractivity (Wildman–Crippen MR) is 197 cm³/mol. The molecule has 0 saturated carbocycles. The summed E-state index contributed by atoms with van der Waals surface area (Å²) in [6.07, 6.45) is 10.0. The quantitative estimate of drug-likeness (QED) is 0.110. The number of halogens is 4. The lowest BCUT2D eigenvalue weighted by molar-refractivity contribution is -0.130. The maximum absolute atomic E-state index is 17.7. The summed E-state index contributed by atoms with van der Waals surface area (Å²) >= 11 is 0. The Morgan fingerprint density at radius 2 is 1.89 bits per heavy atom. The Bertz CT molecular complexity index is 2290. The van der Waals surface area contributed by atoms with Crippen molar-refractivity contribution in [3.05, 3.63) is 65.7 Å². The van der Waals surface area contributed by atoms with E-state index in [0.717, 1.165) is 55.8 Å². The number of benzene rings is 3. The molecule has 1 atom stereocenters. The molecule has 54 heavy (non-hydrogen) atoms. The summed E-state index contributed by atoms with van der Waals surface area (Å²) in [5.74, 6) is -3.43. The van der Waals surface area contributed by atoms with Crippen LogP contribution in [0.15, 0.2) is 43.0 Å². The van der Waals surface area contributed by atoms with Gasteiger partial charge in [0.15, 0.2) is 5.82 Å². The van der Waals surface area contributed by atoms with Crippen LogP contribution in [0.25, 0.3) is 32.8 Å². The van der Waals surface area contributed by atoms with E-state index in [4.69, 9.17) is 11.2 Å². The van der Waals surface area contributed by atoms with Crippen molar-refractivity contribution in [3.8, 4) is 41.3 Å². The third kappa shape index (κ3) is 6.05. The fourth-order valence-electron chi connectivity index (χ4n) is 8.56. The van der Waals surface area contributed by atoms with Gasteiger partial charge in [0.1, 0.15) is 35.6 Å². The molecular weight excluding hydrogens is 700 g/mol. The number of hydrogen-bond acceptors (Lipinski definition) is 8. The van der Waals surface area contributed by atoms with Crippen molar-refractivity contribution in [1.29, 1.82) is 5.26 Å². The number of aromatic hydroxyl groups is 1. The van der Waals surface area contributed by atoms with Crippen LogP contribution < -0.4 is 9.64 Å². The number of hydrogen-bond donors (Lipinski definition) is 1. The molecule has 13 heteroatoms. The number of likely N-dealkylation sites (tertiary alicyclic amines) is 1. The Hall–Kier alpha value is -5.40. The summed E-state index contributed by atoms with van der Waals surface area (Å²) in [4.78, 5) is 26.8. The molecule has 0 spiro atoms. The van der Waals surface area contributed by atoms with Crippen molar-refractivity contribution in [3.63, 3.8) is 0 Å². The third-order valence-corrected chi connectivity index (χ3v) is 11.4. The van der Waals surface area contributed by atoms with Crippen LogP contribution in [0.3, 0.4) is 0 Å². The number of ether oxygens (including phenoxy) is 1. The number of anilines is 1. The molecule has 0 radical (unpaired) electrons. The molecule has 3 saturated heterocycles. The molecule has 3 aliphatic rings. The number of likely N-dealkylation sites (N-methyl/N-ethyl adjacent to an activating group) is 1. The van der Waals surface area contributed by atoms with Crippen molar-refractivity contribution >= 4 is 33.4 Å². The topological polar surface area (TPSA) is 106 Å². The molecule has 1 amide bonds. The average molecular weight is 741 g/mol. The molecule has 4 heterocycles. The minimum absolute atomic E-state index is 0.0294. The molecular formula is C41H40F4N6O3. The van der Waals surface area contributed by atoms with Crippen LogP contribution in [0.2, 0.25) is 0 Å². The molecule has 0 unspecified atom stereocenters. The number of nitrogens with zero attached hydrogens (tertiary/aromatic N) is 6. The van der Waals surface area contributed by atoms with Gasteiger partial charge < -0.3 is 19.6 Å². The van der Waals surface area contributed by atoms with E-state index in [9.17, 15) is 15.2 Å². The van der Waals surface area contributed by atoms with Gasteiger partial charge >= 0.3 is 6.01 Å². The van der Waals surface area contributed by atoms with Crippen LogP contribution in [-0.2, 0) is 10.2 Å². The number of fused-ring (bicyclic) bond motifs is 3. The summed E-state index contributed by atoms with van der Waals surface area (Å²) in [6.45, 7) is 8.12. The van der Waals surface area contributed by atoms with Gasteiger partial charge in [-0.3, -0.25) is 9.69 Å². The Morgan fingerprint density at radius 3 is 2.56 bits per heavy atom. The number of carbonyl (C=O) groups is 1. The van der Waals surface area contributed by atoms with Crippen molar-refractivity contribution < 1.29 is 32.2 Å². The number of terminal acetylenes is 1. The highest BCUT2D eigenvalue weighted by Crippen LogP contribution is 2.46. The molecule has 280 valence electrons. The lowest BCUT2D eigenvalue weighted by Gasteiger charge is -2.33. The van der Waals surface area contributed by atoms with Gasteiger partial charge in [0.25, 0.3) is 5.92 Å². The second-order valence-electron chi connectivity index (χ2n) is 15.1. The summed E-state index contributed by atoms with van der Waals surface area (Å²) < 4.78 is 70.0. The second-order valence-corrected chi connectivity index (χ2v) is 15.1. The highest BCUT2D eigenvalue weighted by atomic mass is 19.3. The number of rotatable bonds is 9. The largest absolute Gasteiger partial charge is 0.508 e. The van der Waals surface area contributed by atoms with Crippen LogP contribution >= 0.6 is 0 Å². The smallest absolute Gasteiger partial charge is 0.319 e. The third-order valence-electron chi connectivity index (χ3n) is 11.4.